The van der Waals surface area contributed by atoms with E-state index in [9.17, 15) is 14.0 Å². The first-order valence-corrected chi connectivity index (χ1v) is 17.1. The SMILES string of the molecule is CCOC1=C(C2=CC[C@H](F)CC2)C(C2CC2)C[C@@H](CN2CCC(NCCC3=C(C=O)C[C@H](C(=O)OC)[C@H](CC)N3)CC2)C1. The number of carbonyl (C=O) groups is 2. The molecule has 2 heterocycles. The maximum absolute atomic E-state index is 13.9. The van der Waals surface area contributed by atoms with Gasteiger partial charge < -0.3 is 25.0 Å². The molecule has 43 heavy (non-hydrogen) atoms. The summed E-state index contributed by atoms with van der Waals surface area (Å²) in [6.07, 6.45) is 13.7. The number of halogens is 1. The third-order valence-electron chi connectivity index (χ3n) is 10.6. The van der Waals surface area contributed by atoms with Crippen molar-refractivity contribution in [3.8, 4) is 0 Å². The van der Waals surface area contributed by atoms with E-state index in [4.69, 9.17) is 9.47 Å². The molecule has 5 rings (SSSR count). The molecule has 2 N–H and O–H groups in total. The summed E-state index contributed by atoms with van der Waals surface area (Å²) in [4.78, 5) is 26.7. The molecular weight excluding hydrogens is 545 g/mol. The second-order valence-corrected chi connectivity index (χ2v) is 13.5. The van der Waals surface area contributed by atoms with Crippen LogP contribution in [0.3, 0.4) is 0 Å². The minimum atomic E-state index is -0.683. The van der Waals surface area contributed by atoms with Gasteiger partial charge in [0.25, 0.3) is 0 Å². The Hall–Kier alpha value is -2.19. The number of alkyl halides is 1. The van der Waals surface area contributed by atoms with Crippen molar-refractivity contribution in [2.24, 2.45) is 23.7 Å². The van der Waals surface area contributed by atoms with Gasteiger partial charge in [0.05, 0.1) is 25.4 Å². The van der Waals surface area contributed by atoms with Crippen molar-refractivity contribution in [2.75, 3.05) is 39.9 Å². The van der Waals surface area contributed by atoms with Crippen molar-refractivity contribution in [3.63, 3.8) is 0 Å². The van der Waals surface area contributed by atoms with Crippen LogP contribution in [0.5, 0.6) is 0 Å². The van der Waals surface area contributed by atoms with Gasteiger partial charge in [-0.05, 0) is 113 Å². The molecule has 5 atom stereocenters. The zero-order chi connectivity index (χ0) is 30.3. The fourth-order valence-electron chi connectivity index (χ4n) is 8.12. The summed E-state index contributed by atoms with van der Waals surface area (Å²) in [5.74, 6) is 2.63. The Morgan fingerprint density at radius 2 is 1.95 bits per heavy atom. The lowest BCUT2D eigenvalue weighted by atomic mass is 9.72. The quantitative estimate of drug-likeness (QED) is 0.210. The van der Waals surface area contributed by atoms with Crippen LogP contribution in [0.4, 0.5) is 4.39 Å². The third-order valence-corrected chi connectivity index (χ3v) is 10.6. The van der Waals surface area contributed by atoms with Gasteiger partial charge in [-0.3, -0.25) is 9.59 Å². The number of likely N-dealkylation sites (tertiary alicyclic amines) is 1. The van der Waals surface area contributed by atoms with Crippen LogP contribution in [-0.4, -0.2) is 75.3 Å². The van der Waals surface area contributed by atoms with Gasteiger partial charge >= 0.3 is 5.97 Å². The van der Waals surface area contributed by atoms with Crippen LogP contribution >= 0.6 is 0 Å². The number of carbonyl (C=O) groups excluding carboxylic acids is 2. The van der Waals surface area contributed by atoms with Gasteiger partial charge in [-0.15, -0.1) is 0 Å². The van der Waals surface area contributed by atoms with E-state index < -0.39 is 6.17 Å². The number of rotatable bonds is 13. The van der Waals surface area contributed by atoms with Crippen molar-refractivity contribution in [3.05, 3.63) is 34.3 Å². The van der Waals surface area contributed by atoms with Gasteiger partial charge in [-0.25, -0.2) is 4.39 Å². The lowest BCUT2D eigenvalue weighted by Gasteiger charge is -2.40. The van der Waals surface area contributed by atoms with E-state index in [1.54, 1.807) is 0 Å². The molecule has 0 aromatic heterocycles. The Balaban J connectivity index is 1.11. The molecule has 8 heteroatoms. The lowest BCUT2D eigenvalue weighted by molar-refractivity contribution is -0.146. The van der Waals surface area contributed by atoms with Gasteiger partial charge in [0, 0.05) is 49.3 Å². The number of hydrogen-bond acceptors (Lipinski definition) is 7. The first-order chi connectivity index (χ1) is 20.9. The third kappa shape index (κ3) is 8.10. The topological polar surface area (TPSA) is 79.9 Å². The fourth-order valence-corrected chi connectivity index (χ4v) is 8.12. The van der Waals surface area contributed by atoms with Crippen molar-refractivity contribution in [1.82, 2.24) is 15.5 Å². The molecule has 3 aliphatic carbocycles. The van der Waals surface area contributed by atoms with Crippen molar-refractivity contribution >= 4 is 12.3 Å². The second kappa shape index (κ2) is 15.2. The number of piperidine rings is 1. The largest absolute Gasteiger partial charge is 0.498 e. The predicted octanol–water partition coefficient (Wildman–Crippen LogP) is 5.62. The number of esters is 1. The van der Waals surface area contributed by atoms with Crippen LogP contribution < -0.4 is 10.6 Å². The van der Waals surface area contributed by atoms with E-state index in [0.29, 0.717) is 49.3 Å². The minimum Gasteiger partial charge on any atom is -0.498 e. The molecule has 0 aromatic rings. The molecule has 2 aliphatic heterocycles. The molecule has 2 fully saturated rings. The molecule has 0 bridgehead atoms. The van der Waals surface area contributed by atoms with Crippen LogP contribution in [-0.2, 0) is 19.1 Å². The van der Waals surface area contributed by atoms with Crippen LogP contribution in [0.25, 0.3) is 0 Å². The van der Waals surface area contributed by atoms with Crippen LogP contribution in [0, 0.1) is 23.7 Å². The zero-order valence-electron chi connectivity index (χ0n) is 26.7. The standard InChI is InChI=1S/C35H54FN3O4/c1-4-31-30(35(41)42-3)20-26(22-40)32(38-31)12-15-37-28-13-16-39(17-14-28)21-23-18-29(24-6-7-24)34(33(19-23)43-5-2)25-8-10-27(36)11-9-25/h8,22-24,27-31,37-38H,4-7,9-21H2,1-3H3/t23-,27+,29?,30+,31+/m1/s1. The Morgan fingerprint density at radius 3 is 2.58 bits per heavy atom. The van der Waals surface area contributed by atoms with Gasteiger partial charge in [0.1, 0.15) is 12.5 Å². The Morgan fingerprint density at radius 1 is 1.16 bits per heavy atom. The van der Waals surface area contributed by atoms with Crippen LogP contribution in [0.15, 0.2) is 34.3 Å². The average Bonchev–Trinajstić information content (AvgIpc) is 3.87. The molecule has 240 valence electrons. The van der Waals surface area contributed by atoms with E-state index in [1.807, 2.05) is 0 Å². The summed E-state index contributed by atoms with van der Waals surface area (Å²) in [7, 11) is 1.41. The first-order valence-electron chi connectivity index (χ1n) is 17.1. The molecule has 0 radical (unpaired) electrons. The number of hydrogen-bond donors (Lipinski definition) is 2. The summed E-state index contributed by atoms with van der Waals surface area (Å²) < 4.78 is 25.2. The fraction of sp³-hybridized carbons (Fsp3) is 0.771. The number of allylic oxidation sites excluding steroid dienone is 5. The normalized spacial score (nSPS) is 31.0. The van der Waals surface area contributed by atoms with Crippen LogP contribution in [0.1, 0.15) is 90.9 Å². The molecular formula is C35H54FN3O4. The maximum Gasteiger partial charge on any atom is 0.311 e. The molecule has 1 saturated carbocycles. The molecule has 1 unspecified atom stereocenters. The molecule has 0 aromatic carbocycles. The zero-order valence-corrected chi connectivity index (χ0v) is 26.7. The summed E-state index contributed by atoms with van der Waals surface area (Å²) >= 11 is 0. The lowest BCUT2D eigenvalue weighted by Crippen LogP contribution is -2.46. The van der Waals surface area contributed by atoms with Crippen molar-refractivity contribution < 1.29 is 23.5 Å². The summed E-state index contributed by atoms with van der Waals surface area (Å²) in [6.45, 7) is 9.00. The van der Waals surface area contributed by atoms with E-state index in [-0.39, 0.29) is 17.9 Å². The summed E-state index contributed by atoms with van der Waals surface area (Å²) in [5, 5.41) is 7.23. The summed E-state index contributed by atoms with van der Waals surface area (Å²) in [6, 6.07) is 0.489. The predicted molar refractivity (Wildman–Crippen MR) is 167 cm³/mol. The van der Waals surface area contributed by atoms with Gasteiger partial charge in [-0.2, -0.15) is 0 Å². The number of ether oxygens (including phenoxy) is 2. The van der Waals surface area contributed by atoms with Gasteiger partial charge in [0.15, 0.2) is 0 Å². The molecule has 7 nitrogen and oxygen atoms in total. The smallest absolute Gasteiger partial charge is 0.311 e. The summed E-state index contributed by atoms with van der Waals surface area (Å²) in [5.41, 5.74) is 4.51. The Labute approximate surface area is 258 Å². The highest BCUT2D eigenvalue weighted by Crippen LogP contribution is 2.51. The van der Waals surface area contributed by atoms with Gasteiger partial charge in [-0.1, -0.05) is 13.0 Å². The molecule has 0 spiro atoms. The van der Waals surface area contributed by atoms with E-state index in [1.165, 1.54) is 43.3 Å². The highest BCUT2D eigenvalue weighted by Gasteiger charge is 2.42. The molecule has 0 amide bonds. The van der Waals surface area contributed by atoms with E-state index in [0.717, 1.165) is 82.6 Å². The van der Waals surface area contributed by atoms with Crippen molar-refractivity contribution in [1.29, 1.82) is 0 Å². The number of aldehydes is 1. The maximum atomic E-state index is 13.9. The number of methoxy groups -OCH3 is 1. The Bertz CT molecular complexity index is 1070. The van der Waals surface area contributed by atoms with Crippen molar-refractivity contribution in [2.45, 2.75) is 109 Å². The molecule has 5 aliphatic rings. The monoisotopic (exact) mass is 599 g/mol. The number of nitrogens with one attached hydrogen (secondary N) is 2. The molecule has 1 saturated heterocycles. The average molecular weight is 600 g/mol. The number of nitrogens with zero attached hydrogens (tertiary/aromatic N) is 1. The van der Waals surface area contributed by atoms with E-state index >= 15 is 0 Å². The Kier molecular flexibility index (Phi) is 11.4. The van der Waals surface area contributed by atoms with E-state index in [2.05, 4.69) is 35.5 Å². The van der Waals surface area contributed by atoms with Crippen LogP contribution in [0.2, 0.25) is 0 Å². The minimum absolute atomic E-state index is 0.00439. The highest BCUT2D eigenvalue weighted by atomic mass is 19.1. The second-order valence-electron chi connectivity index (χ2n) is 13.5. The highest BCUT2D eigenvalue weighted by molar-refractivity contribution is 5.80. The first kappa shape index (κ1) is 32.2. The van der Waals surface area contributed by atoms with Gasteiger partial charge in [0.2, 0.25) is 0 Å².